The predicted octanol–water partition coefficient (Wildman–Crippen LogP) is -0.175. The van der Waals surface area contributed by atoms with Gasteiger partial charge in [-0.1, -0.05) is 6.42 Å². The van der Waals surface area contributed by atoms with Crippen molar-refractivity contribution in [1.29, 1.82) is 0 Å². The maximum Gasteiger partial charge on any atom is 0.237 e. The van der Waals surface area contributed by atoms with Crippen LogP contribution in [0.25, 0.3) is 0 Å². The van der Waals surface area contributed by atoms with Gasteiger partial charge in [-0.15, -0.1) is 0 Å². The van der Waals surface area contributed by atoms with Crippen molar-refractivity contribution in [2.24, 2.45) is 5.92 Å². The first kappa shape index (κ1) is 8.49. The summed E-state index contributed by atoms with van der Waals surface area (Å²) in [5, 5.41) is 11.2. The van der Waals surface area contributed by atoms with Gasteiger partial charge in [-0.3, -0.25) is 4.79 Å². The van der Waals surface area contributed by atoms with E-state index in [9.17, 15) is 4.79 Å². The molecule has 0 aromatic heterocycles. The van der Waals surface area contributed by atoms with E-state index in [1.165, 1.54) is 7.11 Å². The summed E-state index contributed by atoms with van der Waals surface area (Å²) in [4.78, 5) is 11.0. The average molecular weight is 159 g/mol. The number of carbonyl (C=O) groups excluding carboxylic acids is 1. The van der Waals surface area contributed by atoms with Crippen molar-refractivity contribution in [2.75, 3.05) is 7.11 Å². The summed E-state index contributed by atoms with van der Waals surface area (Å²) in [7, 11) is 1.34. The molecule has 0 aromatic carbocycles. The Morgan fingerprint density at radius 1 is 1.73 bits per heavy atom. The smallest absolute Gasteiger partial charge is 0.237 e. The van der Waals surface area contributed by atoms with E-state index >= 15 is 0 Å². The van der Waals surface area contributed by atoms with Gasteiger partial charge in [-0.2, -0.15) is 0 Å². The largest absolute Gasteiger partial charge is 0.351 e. The fourth-order valence-corrected chi connectivity index (χ4v) is 0.969. The molecular weight excluding hydrogens is 146 g/mol. The highest BCUT2D eigenvalue weighted by molar-refractivity contribution is 5.79. The Hall–Kier alpha value is -0.610. The maximum absolute atomic E-state index is 11.0. The van der Waals surface area contributed by atoms with Gasteiger partial charge in [-0.25, -0.2) is 0 Å². The van der Waals surface area contributed by atoms with Gasteiger partial charge < -0.3 is 15.2 Å². The van der Waals surface area contributed by atoms with E-state index in [0.717, 1.165) is 19.3 Å². The monoisotopic (exact) mass is 159 g/mol. The Morgan fingerprint density at radius 3 is 2.73 bits per heavy atom. The van der Waals surface area contributed by atoms with Crippen molar-refractivity contribution >= 4 is 5.91 Å². The fourth-order valence-electron chi connectivity index (χ4n) is 0.969. The van der Waals surface area contributed by atoms with Crippen molar-refractivity contribution in [2.45, 2.75) is 25.7 Å². The third-order valence-electron chi connectivity index (χ3n) is 1.96. The Kier molecular flexibility index (Phi) is 2.84. The Labute approximate surface area is 65.5 Å². The molecule has 1 atom stereocenters. The molecule has 0 heterocycles. The molecule has 0 radical (unpaired) electrons. The summed E-state index contributed by atoms with van der Waals surface area (Å²) in [5.74, 6) is -0.00889. The van der Waals surface area contributed by atoms with Gasteiger partial charge in [0.25, 0.3) is 0 Å². The lowest BCUT2D eigenvalue weighted by atomic mass is 9.85. The van der Waals surface area contributed by atoms with Crippen molar-refractivity contribution in [3.63, 3.8) is 0 Å². The van der Waals surface area contributed by atoms with E-state index in [1.807, 2.05) is 0 Å². The van der Waals surface area contributed by atoms with E-state index < -0.39 is 6.41 Å². The molecule has 2 N–H and O–H groups in total. The van der Waals surface area contributed by atoms with Crippen LogP contribution in [0.1, 0.15) is 19.3 Å². The summed E-state index contributed by atoms with van der Waals surface area (Å²) < 4.78 is 4.46. The third kappa shape index (κ3) is 2.17. The quantitative estimate of drug-likeness (QED) is 0.562. The second kappa shape index (κ2) is 3.69. The molecule has 4 nitrogen and oxygen atoms in total. The number of aliphatic hydroxyl groups is 1. The number of aliphatic hydroxyl groups excluding tert-OH is 1. The fraction of sp³-hybridized carbons (Fsp3) is 0.857. The van der Waals surface area contributed by atoms with Crippen LogP contribution in [0.3, 0.4) is 0 Å². The van der Waals surface area contributed by atoms with Crippen molar-refractivity contribution in [1.82, 2.24) is 5.32 Å². The third-order valence-corrected chi connectivity index (χ3v) is 1.96. The van der Waals surface area contributed by atoms with Crippen LogP contribution in [0.2, 0.25) is 0 Å². The molecule has 1 aliphatic carbocycles. The zero-order valence-corrected chi connectivity index (χ0v) is 6.54. The van der Waals surface area contributed by atoms with E-state index in [4.69, 9.17) is 5.11 Å². The van der Waals surface area contributed by atoms with Gasteiger partial charge in [0.2, 0.25) is 12.3 Å². The molecule has 0 spiro atoms. The van der Waals surface area contributed by atoms with E-state index in [1.54, 1.807) is 0 Å². The standard InChI is InChI=1S/C7H13NO3/c1-11-7(10)8-6(9)5-3-2-4-5/h5,7,10H,2-4H2,1H3,(H,8,9). The molecule has 0 aliphatic heterocycles. The maximum atomic E-state index is 11.0. The molecule has 0 saturated heterocycles. The first-order valence-electron chi connectivity index (χ1n) is 3.75. The number of hydrogen-bond donors (Lipinski definition) is 2. The van der Waals surface area contributed by atoms with Crippen LogP contribution in [0, 0.1) is 5.92 Å². The summed E-state index contributed by atoms with van der Waals surface area (Å²) in [5.41, 5.74) is 0. The van der Waals surface area contributed by atoms with Crippen LogP contribution in [0.5, 0.6) is 0 Å². The summed E-state index contributed by atoms with van der Waals surface area (Å²) in [6, 6.07) is 0. The minimum Gasteiger partial charge on any atom is -0.351 e. The van der Waals surface area contributed by atoms with Crippen molar-refractivity contribution in [3.05, 3.63) is 0 Å². The number of methoxy groups -OCH3 is 1. The highest BCUT2D eigenvalue weighted by Gasteiger charge is 2.26. The van der Waals surface area contributed by atoms with Gasteiger partial charge >= 0.3 is 0 Å². The highest BCUT2D eigenvalue weighted by Crippen LogP contribution is 2.26. The number of ether oxygens (including phenoxy) is 1. The molecule has 0 bridgehead atoms. The van der Waals surface area contributed by atoms with Gasteiger partial charge in [0, 0.05) is 13.0 Å². The zero-order valence-electron chi connectivity index (χ0n) is 6.54. The van der Waals surface area contributed by atoms with Gasteiger partial charge in [-0.05, 0) is 12.8 Å². The molecule has 11 heavy (non-hydrogen) atoms. The van der Waals surface area contributed by atoms with Crippen LogP contribution in [0.15, 0.2) is 0 Å². The Morgan fingerprint density at radius 2 is 2.36 bits per heavy atom. The highest BCUT2D eigenvalue weighted by atomic mass is 16.6. The van der Waals surface area contributed by atoms with Crippen LogP contribution >= 0.6 is 0 Å². The molecule has 64 valence electrons. The minimum atomic E-state index is -1.15. The lowest BCUT2D eigenvalue weighted by Crippen LogP contribution is -2.41. The molecule has 1 aliphatic rings. The number of carbonyl (C=O) groups is 1. The van der Waals surface area contributed by atoms with E-state index in [2.05, 4.69) is 10.1 Å². The second-order valence-corrected chi connectivity index (χ2v) is 2.72. The van der Waals surface area contributed by atoms with Crippen molar-refractivity contribution < 1.29 is 14.6 Å². The van der Waals surface area contributed by atoms with Crippen molar-refractivity contribution in [3.8, 4) is 0 Å². The molecule has 1 saturated carbocycles. The average Bonchev–Trinajstić information content (AvgIpc) is 1.83. The normalized spacial score (nSPS) is 20.5. The number of amides is 1. The van der Waals surface area contributed by atoms with Crippen LogP contribution in [0.4, 0.5) is 0 Å². The minimum absolute atomic E-state index is 0.0970. The van der Waals surface area contributed by atoms with Crippen LogP contribution in [-0.2, 0) is 9.53 Å². The lowest BCUT2D eigenvalue weighted by molar-refractivity contribution is -0.145. The molecule has 1 fully saturated rings. The Bertz CT molecular complexity index is 145. The summed E-state index contributed by atoms with van der Waals surface area (Å²) in [6.07, 6.45) is 1.83. The number of nitrogens with one attached hydrogen (secondary N) is 1. The molecular formula is C7H13NO3. The number of rotatable bonds is 3. The predicted molar refractivity (Wildman–Crippen MR) is 38.5 cm³/mol. The van der Waals surface area contributed by atoms with Gasteiger partial charge in [0.05, 0.1) is 0 Å². The molecule has 0 aromatic rings. The first-order chi connectivity index (χ1) is 5.24. The van der Waals surface area contributed by atoms with Crippen LogP contribution in [-0.4, -0.2) is 24.5 Å². The first-order valence-corrected chi connectivity index (χ1v) is 3.75. The number of hydrogen-bond acceptors (Lipinski definition) is 3. The molecule has 1 amide bonds. The van der Waals surface area contributed by atoms with E-state index in [0.29, 0.717) is 0 Å². The SMILES string of the molecule is COC(O)NC(=O)C1CCC1. The van der Waals surface area contributed by atoms with Gasteiger partial charge in [0.1, 0.15) is 0 Å². The topological polar surface area (TPSA) is 58.6 Å². The molecule has 4 heteroatoms. The lowest BCUT2D eigenvalue weighted by Gasteiger charge is -2.25. The summed E-state index contributed by atoms with van der Waals surface area (Å²) in [6.45, 7) is 0. The van der Waals surface area contributed by atoms with E-state index in [-0.39, 0.29) is 11.8 Å². The molecule has 1 unspecified atom stereocenters. The zero-order chi connectivity index (χ0) is 8.27. The summed E-state index contributed by atoms with van der Waals surface area (Å²) >= 11 is 0. The van der Waals surface area contributed by atoms with Gasteiger partial charge in [0.15, 0.2) is 0 Å². The second-order valence-electron chi connectivity index (χ2n) is 2.72. The Balaban J connectivity index is 2.19. The van der Waals surface area contributed by atoms with Crippen LogP contribution < -0.4 is 5.32 Å². The molecule has 1 rings (SSSR count).